The molecule has 7 heteroatoms. The highest BCUT2D eigenvalue weighted by atomic mass is 35.5. The molecule has 2 heterocycles. The van der Waals surface area contributed by atoms with E-state index < -0.39 is 6.10 Å². The average Bonchev–Trinajstić information content (AvgIpc) is 2.71. The molecule has 0 spiro atoms. The van der Waals surface area contributed by atoms with Gasteiger partial charge in [-0.15, -0.1) is 0 Å². The summed E-state index contributed by atoms with van der Waals surface area (Å²) in [7, 11) is 0. The Labute approximate surface area is 175 Å². The molecule has 0 bridgehead atoms. The number of hydrogen-bond donors (Lipinski definition) is 1. The van der Waals surface area contributed by atoms with Gasteiger partial charge in [0.25, 0.3) is 5.91 Å². The molecule has 2 aliphatic rings. The molecule has 6 nitrogen and oxygen atoms in total. The summed E-state index contributed by atoms with van der Waals surface area (Å²) in [6.45, 7) is 5.54. The van der Waals surface area contributed by atoms with Crippen molar-refractivity contribution < 1.29 is 14.3 Å². The molecule has 1 fully saturated rings. The van der Waals surface area contributed by atoms with Crippen molar-refractivity contribution in [1.29, 1.82) is 0 Å². The molecule has 0 aromatic heterocycles. The normalized spacial score (nSPS) is 19.3. The number of aryl methyl sites for hydroxylation is 1. The van der Waals surface area contributed by atoms with Crippen LogP contribution >= 0.6 is 11.6 Å². The first kappa shape index (κ1) is 19.7. The number of hydrogen-bond acceptors (Lipinski definition) is 4. The Bertz CT molecular complexity index is 925. The lowest BCUT2D eigenvalue weighted by Crippen LogP contribution is -2.50. The Hall–Kier alpha value is -2.57. The number of halogens is 1. The van der Waals surface area contributed by atoms with Gasteiger partial charge in [0.05, 0.1) is 12.1 Å². The van der Waals surface area contributed by atoms with Crippen LogP contribution in [-0.4, -0.2) is 53.9 Å². The molecule has 1 saturated heterocycles. The van der Waals surface area contributed by atoms with E-state index in [0.717, 1.165) is 35.8 Å². The van der Waals surface area contributed by atoms with Crippen molar-refractivity contribution in [1.82, 2.24) is 9.80 Å². The molecule has 2 amide bonds. The summed E-state index contributed by atoms with van der Waals surface area (Å²) >= 11 is 6.25. The maximum atomic E-state index is 12.7. The van der Waals surface area contributed by atoms with Gasteiger partial charge in [-0.3, -0.25) is 14.5 Å². The number of benzene rings is 2. The van der Waals surface area contributed by atoms with Gasteiger partial charge in [-0.2, -0.15) is 0 Å². The van der Waals surface area contributed by atoms with Crippen LogP contribution in [0.15, 0.2) is 42.5 Å². The van der Waals surface area contributed by atoms with Crippen molar-refractivity contribution in [2.24, 2.45) is 0 Å². The minimum atomic E-state index is -0.793. The Morgan fingerprint density at radius 2 is 1.93 bits per heavy atom. The van der Waals surface area contributed by atoms with Gasteiger partial charge in [-0.05, 0) is 36.2 Å². The summed E-state index contributed by atoms with van der Waals surface area (Å²) in [4.78, 5) is 29.2. The Kier molecular flexibility index (Phi) is 5.74. The molecule has 0 aliphatic carbocycles. The van der Waals surface area contributed by atoms with Crippen LogP contribution in [0.3, 0.4) is 0 Å². The van der Waals surface area contributed by atoms with E-state index in [1.165, 1.54) is 0 Å². The molecular weight excluding hydrogens is 390 g/mol. The van der Waals surface area contributed by atoms with E-state index in [1.54, 1.807) is 0 Å². The Morgan fingerprint density at radius 3 is 2.69 bits per heavy atom. The largest absolute Gasteiger partial charge is 0.478 e. The number of ether oxygens (including phenoxy) is 1. The summed E-state index contributed by atoms with van der Waals surface area (Å²) < 4.78 is 5.79. The SMILES string of the molecule is Cc1ccc2c(c1)NC(=O)C(CC(=O)N1CCN(Cc3ccccc3Cl)CC1)O2. The van der Waals surface area contributed by atoms with Crippen molar-refractivity contribution in [3.8, 4) is 5.75 Å². The monoisotopic (exact) mass is 413 g/mol. The molecule has 1 N–H and O–H groups in total. The summed E-state index contributed by atoms with van der Waals surface area (Å²) in [6, 6.07) is 13.4. The zero-order valence-electron chi connectivity index (χ0n) is 16.4. The van der Waals surface area contributed by atoms with E-state index >= 15 is 0 Å². The molecule has 152 valence electrons. The van der Waals surface area contributed by atoms with E-state index in [2.05, 4.69) is 10.2 Å². The summed E-state index contributed by atoms with van der Waals surface area (Å²) in [5.74, 6) is 0.282. The van der Waals surface area contributed by atoms with Gasteiger partial charge in [-0.1, -0.05) is 35.9 Å². The van der Waals surface area contributed by atoms with Gasteiger partial charge in [0.2, 0.25) is 5.91 Å². The number of nitrogens with one attached hydrogen (secondary N) is 1. The first-order valence-corrected chi connectivity index (χ1v) is 10.2. The number of carbonyl (C=O) groups is 2. The van der Waals surface area contributed by atoms with Crippen molar-refractivity contribution in [3.05, 3.63) is 58.6 Å². The third-order valence-corrected chi connectivity index (χ3v) is 5.76. The molecule has 4 rings (SSSR count). The Balaban J connectivity index is 1.30. The lowest BCUT2D eigenvalue weighted by Gasteiger charge is -2.35. The highest BCUT2D eigenvalue weighted by Crippen LogP contribution is 2.31. The van der Waals surface area contributed by atoms with E-state index in [4.69, 9.17) is 16.3 Å². The zero-order valence-corrected chi connectivity index (χ0v) is 17.1. The van der Waals surface area contributed by atoms with Gasteiger partial charge >= 0.3 is 0 Å². The van der Waals surface area contributed by atoms with Gasteiger partial charge in [0.15, 0.2) is 6.10 Å². The molecule has 1 atom stereocenters. The fourth-order valence-corrected chi connectivity index (χ4v) is 3.90. The third-order valence-electron chi connectivity index (χ3n) is 5.39. The molecular formula is C22H24ClN3O3. The molecule has 2 aliphatic heterocycles. The van der Waals surface area contributed by atoms with Crippen LogP contribution in [0.2, 0.25) is 5.02 Å². The molecule has 0 saturated carbocycles. The number of fused-ring (bicyclic) bond motifs is 1. The molecule has 2 aromatic carbocycles. The maximum absolute atomic E-state index is 12.7. The van der Waals surface area contributed by atoms with E-state index in [1.807, 2.05) is 54.3 Å². The summed E-state index contributed by atoms with van der Waals surface area (Å²) in [6.07, 6.45) is -0.747. The molecule has 0 radical (unpaired) electrons. The lowest BCUT2D eigenvalue weighted by atomic mass is 10.1. The number of nitrogens with zero attached hydrogens (tertiary/aromatic N) is 2. The Morgan fingerprint density at radius 1 is 1.17 bits per heavy atom. The highest BCUT2D eigenvalue weighted by Gasteiger charge is 2.32. The van der Waals surface area contributed by atoms with E-state index in [9.17, 15) is 9.59 Å². The van der Waals surface area contributed by atoms with Crippen LogP contribution in [0.25, 0.3) is 0 Å². The topological polar surface area (TPSA) is 61.9 Å². The molecule has 2 aromatic rings. The summed E-state index contributed by atoms with van der Waals surface area (Å²) in [5.41, 5.74) is 2.79. The minimum Gasteiger partial charge on any atom is -0.478 e. The number of rotatable bonds is 4. The van der Waals surface area contributed by atoms with Crippen LogP contribution in [-0.2, 0) is 16.1 Å². The van der Waals surface area contributed by atoms with Gasteiger partial charge < -0.3 is 15.0 Å². The molecule has 29 heavy (non-hydrogen) atoms. The number of carbonyl (C=O) groups excluding carboxylic acids is 2. The van der Waals surface area contributed by atoms with Crippen LogP contribution in [0, 0.1) is 6.92 Å². The lowest BCUT2D eigenvalue weighted by molar-refractivity contribution is -0.138. The predicted octanol–water partition coefficient (Wildman–Crippen LogP) is 3.08. The van der Waals surface area contributed by atoms with Crippen molar-refractivity contribution in [3.63, 3.8) is 0 Å². The van der Waals surface area contributed by atoms with Crippen molar-refractivity contribution >= 4 is 29.1 Å². The second kappa shape index (κ2) is 8.43. The second-order valence-corrected chi connectivity index (χ2v) is 7.96. The maximum Gasteiger partial charge on any atom is 0.266 e. The van der Waals surface area contributed by atoms with E-state index in [-0.39, 0.29) is 18.2 Å². The van der Waals surface area contributed by atoms with Crippen molar-refractivity contribution in [2.75, 3.05) is 31.5 Å². The van der Waals surface area contributed by atoms with Gasteiger partial charge in [0.1, 0.15) is 5.75 Å². The standard InChI is InChI=1S/C22H24ClN3O3/c1-15-6-7-19-18(12-15)24-22(28)20(29-19)13-21(27)26-10-8-25(9-11-26)14-16-4-2-3-5-17(16)23/h2-7,12,20H,8-11,13-14H2,1H3,(H,24,28). The van der Waals surface area contributed by atoms with Gasteiger partial charge in [0, 0.05) is 37.7 Å². The average molecular weight is 414 g/mol. The van der Waals surface area contributed by atoms with Crippen LogP contribution in [0.4, 0.5) is 5.69 Å². The highest BCUT2D eigenvalue weighted by molar-refractivity contribution is 6.31. The predicted molar refractivity (Wildman–Crippen MR) is 112 cm³/mol. The van der Waals surface area contributed by atoms with Gasteiger partial charge in [-0.25, -0.2) is 0 Å². The summed E-state index contributed by atoms with van der Waals surface area (Å²) in [5, 5.41) is 3.61. The van der Waals surface area contributed by atoms with Crippen LogP contribution in [0.1, 0.15) is 17.5 Å². The zero-order chi connectivity index (χ0) is 20.4. The van der Waals surface area contributed by atoms with Crippen LogP contribution in [0.5, 0.6) is 5.75 Å². The first-order valence-electron chi connectivity index (χ1n) is 9.81. The van der Waals surface area contributed by atoms with E-state index in [0.29, 0.717) is 24.5 Å². The number of anilines is 1. The quantitative estimate of drug-likeness (QED) is 0.836. The number of amides is 2. The fraction of sp³-hybridized carbons (Fsp3) is 0.364. The fourth-order valence-electron chi connectivity index (χ4n) is 3.71. The van der Waals surface area contributed by atoms with Crippen LogP contribution < -0.4 is 10.1 Å². The number of piperazine rings is 1. The third kappa shape index (κ3) is 4.54. The first-order chi connectivity index (χ1) is 14.0. The second-order valence-electron chi connectivity index (χ2n) is 7.55. The van der Waals surface area contributed by atoms with Crippen molar-refractivity contribution in [2.45, 2.75) is 26.0 Å². The smallest absolute Gasteiger partial charge is 0.266 e. The minimum absolute atomic E-state index is 0.0453. The molecule has 1 unspecified atom stereocenters.